The van der Waals surface area contributed by atoms with Crippen molar-refractivity contribution < 1.29 is 0 Å². The third kappa shape index (κ3) is 9.85. The summed E-state index contributed by atoms with van der Waals surface area (Å²) in [7, 11) is 0. The topological polar surface area (TPSA) is 25.8 Å². The summed E-state index contributed by atoms with van der Waals surface area (Å²) in [5.41, 5.74) is 3.19. The molecule has 0 aliphatic carbocycles. The molecular weight excluding hydrogens is 372 g/mol. The third-order valence-corrected chi connectivity index (χ3v) is 5.52. The molecular formula is C26H38N2S. The highest BCUT2D eigenvalue weighted by molar-refractivity contribution is 7.10. The van der Waals surface area contributed by atoms with Crippen molar-refractivity contribution in [1.82, 2.24) is 9.97 Å². The highest BCUT2D eigenvalue weighted by Crippen LogP contribution is 2.26. The highest BCUT2D eigenvalue weighted by Gasteiger charge is 2.14. The van der Waals surface area contributed by atoms with Gasteiger partial charge in [0.2, 0.25) is 0 Å². The summed E-state index contributed by atoms with van der Waals surface area (Å²) in [5, 5.41) is 2.13. The van der Waals surface area contributed by atoms with Crippen LogP contribution in [0.25, 0.3) is 0 Å². The standard InChI is InChI=1S/2C9H13N.C8H12S/c1-9(2,3)8-5-4-6-10-7-8;1-9(2,3)8-6-4-5-7-10-8;1-8(2,3)7-5-4-6-9-7/h2*4-7H,1-3H3;4-6H,1-3H3. The SMILES string of the molecule is CC(C)(C)c1ccccn1.CC(C)(C)c1cccnc1.CC(C)(C)c1cccs1. The average molecular weight is 411 g/mol. The molecule has 0 spiro atoms. The molecule has 29 heavy (non-hydrogen) atoms. The summed E-state index contributed by atoms with van der Waals surface area (Å²) in [5.74, 6) is 0. The maximum Gasteiger partial charge on any atom is 0.0457 e. The molecule has 0 saturated heterocycles. The molecule has 0 saturated carbocycles. The summed E-state index contributed by atoms with van der Waals surface area (Å²) in [4.78, 5) is 9.76. The van der Waals surface area contributed by atoms with Gasteiger partial charge in [0.25, 0.3) is 0 Å². The Morgan fingerprint density at radius 2 is 1.34 bits per heavy atom. The van der Waals surface area contributed by atoms with Gasteiger partial charge in [0.1, 0.15) is 0 Å². The van der Waals surface area contributed by atoms with Gasteiger partial charge in [-0.3, -0.25) is 9.97 Å². The van der Waals surface area contributed by atoms with Gasteiger partial charge in [-0.1, -0.05) is 80.5 Å². The molecule has 3 heteroatoms. The maximum atomic E-state index is 4.25. The Kier molecular flexibility index (Phi) is 9.22. The van der Waals surface area contributed by atoms with Crippen molar-refractivity contribution in [1.29, 1.82) is 0 Å². The fourth-order valence-electron chi connectivity index (χ4n) is 2.32. The molecule has 2 nitrogen and oxygen atoms in total. The van der Waals surface area contributed by atoms with Crippen LogP contribution in [0, 0.1) is 0 Å². The molecule has 0 aromatic carbocycles. The largest absolute Gasteiger partial charge is 0.264 e. The van der Waals surface area contributed by atoms with E-state index < -0.39 is 0 Å². The minimum absolute atomic E-state index is 0.182. The summed E-state index contributed by atoms with van der Waals surface area (Å²) in [6.45, 7) is 19.7. The highest BCUT2D eigenvalue weighted by atomic mass is 32.1. The molecule has 0 atom stereocenters. The van der Waals surface area contributed by atoms with E-state index in [0.29, 0.717) is 5.41 Å². The van der Waals surface area contributed by atoms with Crippen LogP contribution in [0.5, 0.6) is 0 Å². The molecule has 3 aromatic rings. The Morgan fingerprint density at radius 1 is 0.655 bits per heavy atom. The molecule has 0 aliphatic heterocycles. The Labute approximate surface area is 182 Å². The van der Waals surface area contributed by atoms with E-state index in [4.69, 9.17) is 0 Å². The number of aromatic nitrogens is 2. The molecule has 158 valence electrons. The summed E-state index contributed by atoms with van der Waals surface area (Å²) < 4.78 is 0. The molecule has 3 aromatic heterocycles. The van der Waals surface area contributed by atoms with Gasteiger partial charge in [0.15, 0.2) is 0 Å². The Balaban J connectivity index is 0.000000218. The van der Waals surface area contributed by atoms with Gasteiger partial charge >= 0.3 is 0 Å². The number of hydrogen-bond donors (Lipinski definition) is 0. The number of thiophene rings is 1. The van der Waals surface area contributed by atoms with Crippen molar-refractivity contribution in [3.05, 3.63) is 82.6 Å². The monoisotopic (exact) mass is 410 g/mol. The zero-order valence-electron chi connectivity index (χ0n) is 19.7. The van der Waals surface area contributed by atoms with Crippen LogP contribution in [-0.4, -0.2) is 9.97 Å². The van der Waals surface area contributed by atoms with Crippen LogP contribution in [-0.2, 0) is 16.2 Å². The van der Waals surface area contributed by atoms with E-state index in [-0.39, 0.29) is 10.8 Å². The Morgan fingerprint density at radius 3 is 1.62 bits per heavy atom. The lowest BCUT2D eigenvalue weighted by molar-refractivity contribution is 0.569. The quantitative estimate of drug-likeness (QED) is 0.378. The Bertz CT molecular complexity index is 738. The summed E-state index contributed by atoms with van der Waals surface area (Å²) in [6, 6.07) is 14.4. The lowest BCUT2D eigenvalue weighted by Crippen LogP contribution is -2.12. The van der Waals surface area contributed by atoms with Crippen LogP contribution < -0.4 is 0 Å². The fraction of sp³-hybridized carbons (Fsp3) is 0.462. The van der Waals surface area contributed by atoms with E-state index >= 15 is 0 Å². The van der Waals surface area contributed by atoms with Crippen molar-refractivity contribution in [2.24, 2.45) is 0 Å². The van der Waals surface area contributed by atoms with Crippen molar-refractivity contribution in [3.63, 3.8) is 0 Å². The summed E-state index contributed by atoms with van der Waals surface area (Å²) >= 11 is 1.83. The van der Waals surface area contributed by atoms with Crippen LogP contribution in [0.3, 0.4) is 0 Å². The molecule has 0 aliphatic rings. The van der Waals surface area contributed by atoms with Crippen LogP contribution in [0.4, 0.5) is 0 Å². The van der Waals surface area contributed by atoms with Gasteiger partial charge in [-0.15, -0.1) is 11.3 Å². The molecule has 3 heterocycles. The van der Waals surface area contributed by atoms with Gasteiger partial charge < -0.3 is 0 Å². The molecule has 3 rings (SSSR count). The fourth-order valence-corrected chi connectivity index (χ4v) is 3.13. The first-order valence-electron chi connectivity index (χ1n) is 10.2. The summed E-state index contributed by atoms with van der Waals surface area (Å²) in [6.07, 6.45) is 5.55. The lowest BCUT2D eigenvalue weighted by atomic mass is 9.88. The minimum atomic E-state index is 0.182. The van der Waals surface area contributed by atoms with Crippen LogP contribution in [0.15, 0.2) is 66.4 Å². The smallest absolute Gasteiger partial charge is 0.0457 e. The first-order chi connectivity index (χ1) is 13.3. The van der Waals surface area contributed by atoms with Crippen molar-refractivity contribution in [2.45, 2.75) is 78.6 Å². The first-order valence-corrected chi connectivity index (χ1v) is 11.1. The molecule has 0 N–H and O–H groups in total. The van der Waals surface area contributed by atoms with Gasteiger partial charge in [-0.25, -0.2) is 0 Å². The normalized spacial score (nSPS) is 11.6. The molecule has 0 fully saturated rings. The third-order valence-electron chi connectivity index (χ3n) is 4.22. The molecule has 0 amide bonds. The van der Waals surface area contributed by atoms with E-state index in [9.17, 15) is 0 Å². The van der Waals surface area contributed by atoms with Gasteiger partial charge in [-0.2, -0.15) is 0 Å². The van der Waals surface area contributed by atoms with E-state index in [1.807, 2.05) is 41.9 Å². The zero-order valence-corrected chi connectivity index (χ0v) is 20.5. The lowest BCUT2D eigenvalue weighted by Gasteiger charge is -2.17. The average Bonchev–Trinajstić information content (AvgIpc) is 3.18. The number of hydrogen-bond acceptors (Lipinski definition) is 3. The molecule has 0 unspecified atom stereocenters. The van der Waals surface area contributed by atoms with Crippen LogP contribution in [0.2, 0.25) is 0 Å². The van der Waals surface area contributed by atoms with Gasteiger partial charge in [0.05, 0.1) is 0 Å². The predicted octanol–water partition coefficient (Wildman–Crippen LogP) is 7.80. The second kappa shape index (κ2) is 10.7. The van der Waals surface area contributed by atoms with Crippen molar-refractivity contribution in [2.75, 3.05) is 0 Å². The second-order valence-corrected chi connectivity index (χ2v) is 11.1. The Hall–Kier alpha value is -2.00. The zero-order chi connectivity index (χ0) is 22.1. The first kappa shape index (κ1) is 25.0. The predicted molar refractivity (Wildman–Crippen MR) is 129 cm³/mol. The van der Waals surface area contributed by atoms with Crippen LogP contribution in [0.1, 0.15) is 78.4 Å². The van der Waals surface area contributed by atoms with Crippen LogP contribution >= 0.6 is 11.3 Å². The van der Waals surface area contributed by atoms with Crippen molar-refractivity contribution in [3.8, 4) is 0 Å². The van der Waals surface area contributed by atoms with E-state index in [2.05, 4.69) is 102 Å². The van der Waals surface area contributed by atoms with Crippen molar-refractivity contribution >= 4 is 11.3 Å². The molecule has 0 bridgehead atoms. The molecule has 0 radical (unpaired) electrons. The second-order valence-electron chi connectivity index (χ2n) is 10.2. The number of pyridine rings is 2. The number of rotatable bonds is 0. The van der Waals surface area contributed by atoms with E-state index in [1.54, 1.807) is 6.20 Å². The van der Waals surface area contributed by atoms with Gasteiger partial charge in [-0.05, 0) is 46.0 Å². The maximum absolute atomic E-state index is 4.25. The van der Waals surface area contributed by atoms with E-state index in [0.717, 1.165) is 5.69 Å². The minimum Gasteiger partial charge on any atom is -0.264 e. The van der Waals surface area contributed by atoms with Gasteiger partial charge in [0, 0.05) is 34.6 Å². The van der Waals surface area contributed by atoms with E-state index in [1.165, 1.54) is 10.4 Å². The number of nitrogens with zero attached hydrogens (tertiary/aromatic N) is 2.